The number of nitrogens with one attached hydrogen (secondary N) is 1. The van der Waals surface area contributed by atoms with E-state index in [-0.39, 0.29) is 12.7 Å². The molecule has 4 heterocycles. The molecule has 2 aromatic carbocycles. The summed E-state index contributed by atoms with van der Waals surface area (Å²) in [5, 5.41) is 4.32. The van der Waals surface area contributed by atoms with Gasteiger partial charge in [0.25, 0.3) is 5.91 Å². The van der Waals surface area contributed by atoms with Crippen molar-refractivity contribution in [2.75, 3.05) is 18.7 Å². The van der Waals surface area contributed by atoms with E-state index >= 15 is 0 Å². The highest BCUT2D eigenvalue weighted by Crippen LogP contribution is 2.36. The molecule has 4 aromatic rings. The van der Waals surface area contributed by atoms with Gasteiger partial charge in [0.2, 0.25) is 6.79 Å². The highest BCUT2D eigenvalue weighted by molar-refractivity contribution is 7.20. The third-order valence-corrected chi connectivity index (χ3v) is 7.42. The van der Waals surface area contributed by atoms with Crippen molar-refractivity contribution in [2.24, 2.45) is 0 Å². The van der Waals surface area contributed by atoms with Crippen LogP contribution in [0.2, 0.25) is 0 Å². The van der Waals surface area contributed by atoms with Gasteiger partial charge < -0.3 is 19.7 Å². The van der Waals surface area contributed by atoms with E-state index in [1.165, 1.54) is 22.5 Å². The number of ether oxygens (including phenoxy) is 2. The Morgan fingerprint density at radius 3 is 2.88 bits per heavy atom. The van der Waals surface area contributed by atoms with Crippen LogP contribution in [-0.2, 0) is 19.5 Å². The first kappa shape index (κ1) is 20.0. The molecule has 0 saturated carbocycles. The molecule has 0 spiro atoms. The van der Waals surface area contributed by atoms with Crippen LogP contribution in [0.25, 0.3) is 10.2 Å². The van der Waals surface area contributed by atoms with Gasteiger partial charge in [-0.1, -0.05) is 30.3 Å². The zero-order valence-electron chi connectivity index (χ0n) is 18.1. The van der Waals surface area contributed by atoms with Crippen LogP contribution in [0.5, 0.6) is 11.5 Å². The minimum Gasteiger partial charge on any atom is -0.454 e. The number of hydrogen-bond donors (Lipinski definition) is 1. The van der Waals surface area contributed by atoms with Gasteiger partial charge in [-0.3, -0.25) is 4.79 Å². The summed E-state index contributed by atoms with van der Waals surface area (Å²) in [6, 6.07) is 14.2. The summed E-state index contributed by atoms with van der Waals surface area (Å²) in [5.41, 5.74) is 4.53. The molecular weight excluding hydrogens is 436 g/mol. The normalized spacial score (nSPS) is 14.4. The number of aryl methyl sites for hydroxylation is 1. The van der Waals surface area contributed by atoms with Gasteiger partial charge in [-0.2, -0.15) is 0 Å². The molecule has 33 heavy (non-hydrogen) atoms. The number of aromatic nitrogens is 2. The number of benzene rings is 2. The number of hydrogen-bond acceptors (Lipinski definition) is 7. The standard InChI is InChI=1S/C25H22N4O3S/c1-15-21-23(26-11-16-6-7-19-20(10-16)32-14-31-19)27-13-28-24(21)33-22(15)25(30)29-9-8-17-4-2-3-5-18(17)12-29/h2-7,10,13H,8-9,11-12,14H2,1H3,(H,26,27,28). The Balaban J connectivity index is 1.26. The van der Waals surface area contributed by atoms with Crippen molar-refractivity contribution in [3.63, 3.8) is 0 Å². The van der Waals surface area contributed by atoms with E-state index in [1.54, 1.807) is 6.33 Å². The molecule has 2 aliphatic rings. The van der Waals surface area contributed by atoms with E-state index in [0.29, 0.717) is 13.1 Å². The zero-order valence-corrected chi connectivity index (χ0v) is 18.9. The predicted octanol–water partition coefficient (Wildman–Crippen LogP) is 4.54. The minimum atomic E-state index is 0.0618. The molecule has 0 atom stereocenters. The van der Waals surface area contributed by atoms with Crippen molar-refractivity contribution >= 4 is 33.3 Å². The number of amides is 1. The highest BCUT2D eigenvalue weighted by atomic mass is 32.1. The summed E-state index contributed by atoms with van der Waals surface area (Å²) < 4.78 is 10.9. The summed E-state index contributed by atoms with van der Waals surface area (Å²) in [6.07, 6.45) is 2.43. The van der Waals surface area contributed by atoms with Crippen LogP contribution in [0, 0.1) is 6.92 Å². The zero-order chi connectivity index (χ0) is 22.4. The molecule has 0 unspecified atom stereocenters. The van der Waals surface area contributed by atoms with Crippen LogP contribution in [0.15, 0.2) is 48.8 Å². The Labute approximate surface area is 195 Å². The fraction of sp³-hybridized carbons (Fsp3) is 0.240. The van der Waals surface area contributed by atoms with Crippen molar-refractivity contribution < 1.29 is 14.3 Å². The van der Waals surface area contributed by atoms with E-state index in [4.69, 9.17) is 9.47 Å². The number of rotatable bonds is 4. The van der Waals surface area contributed by atoms with Crippen molar-refractivity contribution in [3.8, 4) is 11.5 Å². The molecule has 0 saturated heterocycles. The molecule has 8 heteroatoms. The fourth-order valence-corrected chi connectivity index (χ4v) is 5.58. The van der Waals surface area contributed by atoms with Gasteiger partial charge in [0, 0.05) is 19.6 Å². The van der Waals surface area contributed by atoms with Crippen LogP contribution in [0.1, 0.15) is 31.9 Å². The lowest BCUT2D eigenvalue weighted by Gasteiger charge is -2.28. The molecule has 2 aliphatic heterocycles. The molecule has 0 aliphatic carbocycles. The predicted molar refractivity (Wildman–Crippen MR) is 127 cm³/mol. The summed E-state index contributed by atoms with van der Waals surface area (Å²) in [6.45, 7) is 4.18. The lowest BCUT2D eigenvalue weighted by molar-refractivity contribution is 0.0739. The highest BCUT2D eigenvalue weighted by Gasteiger charge is 2.26. The second kappa shape index (κ2) is 8.04. The summed E-state index contributed by atoms with van der Waals surface area (Å²) in [5.74, 6) is 2.31. The van der Waals surface area contributed by atoms with Crippen molar-refractivity contribution in [1.82, 2.24) is 14.9 Å². The van der Waals surface area contributed by atoms with E-state index < -0.39 is 0 Å². The van der Waals surface area contributed by atoms with E-state index in [9.17, 15) is 4.79 Å². The monoisotopic (exact) mass is 458 g/mol. The second-order valence-corrected chi connectivity index (χ2v) is 9.24. The number of nitrogens with zero attached hydrogens (tertiary/aromatic N) is 3. The molecule has 2 aromatic heterocycles. The van der Waals surface area contributed by atoms with Gasteiger partial charge in [-0.15, -0.1) is 11.3 Å². The molecule has 1 amide bonds. The number of thiophene rings is 1. The van der Waals surface area contributed by atoms with E-state index in [0.717, 1.165) is 56.5 Å². The fourth-order valence-electron chi connectivity index (χ4n) is 4.46. The molecule has 0 radical (unpaired) electrons. The maximum absolute atomic E-state index is 13.4. The second-order valence-electron chi connectivity index (χ2n) is 8.25. The maximum Gasteiger partial charge on any atom is 0.264 e. The molecule has 1 N–H and O–H groups in total. The van der Waals surface area contributed by atoms with Gasteiger partial charge in [-0.25, -0.2) is 9.97 Å². The summed E-state index contributed by atoms with van der Waals surface area (Å²) in [7, 11) is 0. The quantitative estimate of drug-likeness (QED) is 0.484. The van der Waals surface area contributed by atoms with Gasteiger partial charge in [0.05, 0.1) is 10.3 Å². The average molecular weight is 459 g/mol. The number of anilines is 1. The minimum absolute atomic E-state index is 0.0618. The summed E-state index contributed by atoms with van der Waals surface area (Å²) >= 11 is 1.44. The first-order chi connectivity index (χ1) is 16.2. The van der Waals surface area contributed by atoms with Crippen LogP contribution >= 0.6 is 11.3 Å². The Bertz CT molecular complexity index is 1380. The topological polar surface area (TPSA) is 76.6 Å². The van der Waals surface area contributed by atoms with Crippen LogP contribution in [-0.4, -0.2) is 34.1 Å². The average Bonchev–Trinajstić information content (AvgIpc) is 3.46. The molecule has 6 rings (SSSR count). The number of carbonyl (C=O) groups excluding carboxylic acids is 1. The van der Waals surface area contributed by atoms with Crippen molar-refractivity contribution in [3.05, 3.63) is 75.9 Å². The Hall–Kier alpha value is -3.65. The molecule has 166 valence electrons. The largest absolute Gasteiger partial charge is 0.454 e. The lowest BCUT2D eigenvalue weighted by atomic mass is 9.99. The Kier molecular flexibility index (Phi) is 4.87. The van der Waals surface area contributed by atoms with Crippen LogP contribution in [0.4, 0.5) is 5.82 Å². The lowest BCUT2D eigenvalue weighted by Crippen LogP contribution is -2.35. The Morgan fingerprint density at radius 1 is 1.12 bits per heavy atom. The number of fused-ring (bicyclic) bond motifs is 3. The third-order valence-electron chi connectivity index (χ3n) is 6.24. The van der Waals surface area contributed by atoms with Crippen LogP contribution < -0.4 is 14.8 Å². The molecule has 0 bridgehead atoms. The van der Waals surface area contributed by atoms with Gasteiger partial charge >= 0.3 is 0 Å². The van der Waals surface area contributed by atoms with Gasteiger partial charge in [0.1, 0.15) is 17.0 Å². The summed E-state index contributed by atoms with van der Waals surface area (Å²) in [4.78, 5) is 25.9. The molecule has 7 nitrogen and oxygen atoms in total. The maximum atomic E-state index is 13.4. The van der Waals surface area contributed by atoms with Gasteiger partial charge in [-0.05, 0) is 47.7 Å². The van der Waals surface area contributed by atoms with E-state index in [2.05, 4.69) is 33.5 Å². The van der Waals surface area contributed by atoms with Crippen molar-refractivity contribution in [1.29, 1.82) is 0 Å². The smallest absolute Gasteiger partial charge is 0.264 e. The third kappa shape index (κ3) is 3.56. The van der Waals surface area contributed by atoms with E-state index in [1.807, 2.05) is 36.1 Å². The van der Waals surface area contributed by atoms with Crippen molar-refractivity contribution in [2.45, 2.75) is 26.4 Å². The molecule has 0 fully saturated rings. The van der Waals surface area contributed by atoms with Crippen LogP contribution in [0.3, 0.4) is 0 Å². The number of carbonyl (C=O) groups is 1. The van der Waals surface area contributed by atoms with Gasteiger partial charge in [0.15, 0.2) is 11.5 Å². The molecular formula is C25H22N4O3S. The SMILES string of the molecule is Cc1c(C(=O)N2CCc3ccccc3C2)sc2ncnc(NCc3ccc4c(c3)OCO4)c12. The first-order valence-corrected chi connectivity index (χ1v) is 11.7. The first-order valence-electron chi connectivity index (χ1n) is 10.9. The Morgan fingerprint density at radius 2 is 1.97 bits per heavy atom.